The summed E-state index contributed by atoms with van der Waals surface area (Å²) in [6, 6.07) is 15.2. The summed E-state index contributed by atoms with van der Waals surface area (Å²) in [4.78, 5) is 17.3. The van der Waals surface area contributed by atoms with E-state index in [9.17, 15) is 13.2 Å². The van der Waals surface area contributed by atoms with Gasteiger partial charge in [0.2, 0.25) is 10.0 Å². The Hall–Kier alpha value is -3.06. The van der Waals surface area contributed by atoms with Crippen LogP contribution in [0.2, 0.25) is 0 Å². The summed E-state index contributed by atoms with van der Waals surface area (Å²) in [7, 11) is -3.61. The molecule has 1 aliphatic rings. The summed E-state index contributed by atoms with van der Waals surface area (Å²) >= 11 is 1.30. The molecule has 1 aliphatic carbocycles. The molecule has 1 amide bonds. The second-order valence-corrected chi connectivity index (χ2v) is 11.0. The molecule has 1 aromatic heterocycles. The van der Waals surface area contributed by atoms with E-state index in [4.69, 9.17) is 5.26 Å². The predicted molar refractivity (Wildman–Crippen MR) is 133 cm³/mol. The molecule has 4 rings (SSSR count). The van der Waals surface area contributed by atoms with Crippen LogP contribution in [-0.4, -0.2) is 36.2 Å². The number of thiazole rings is 1. The maximum Gasteiger partial charge on any atom is 0.257 e. The minimum absolute atomic E-state index is 0.0435. The lowest BCUT2D eigenvalue weighted by molar-refractivity contribution is 0.102. The van der Waals surface area contributed by atoms with Gasteiger partial charge in [-0.2, -0.15) is 9.57 Å². The van der Waals surface area contributed by atoms with Gasteiger partial charge in [-0.1, -0.05) is 38.3 Å². The maximum atomic E-state index is 13.2. The molecule has 1 saturated carbocycles. The fourth-order valence-electron chi connectivity index (χ4n) is 4.26. The molecule has 9 heteroatoms. The molecule has 0 unspecified atom stereocenters. The zero-order valence-corrected chi connectivity index (χ0v) is 20.5. The van der Waals surface area contributed by atoms with Gasteiger partial charge in [0.15, 0.2) is 5.13 Å². The average Bonchev–Trinajstić information content (AvgIpc) is 3.33. The van der Waals surface area contributed by atoms with E-state index in [1.54, 1.807) is 16.4 Å². The van der Waals surface area contributed by atoms with Crippen molar-refractivity contribution in [3.8, 4) is 17.3 Å². The van der Waals surface area contributed by atoms with E-state index in [1.165, 1.54) is 35.6 Å². The van der Waals surface area contributed by atoms with E-state index in [0.717, 1.165) is 37.7 Å². The third-order valence-corrected chi connectivity index (χ3v) is 8.85. The zero-order chi connectivity index (χ0) is 24.1. The van der Waals surface area contributed by atoms with Gasteiger partial charge in [-0.3, -0.25) is 10.1 Å². The lowest BCUT2D eigenvalue weighted by atomic mass is 9.95. The normalized spacial score (nSPS) is 14.6. The summed E-state index contributed by atoms with van der Waals surface area (Å²) in [6.45, 7) is 2.30. The van der Waals surface area contributed by atoms with Crippen molar-refractivity contribution in [1.82, 2.24) is 9.29 Å². The molecule has 0 spiro atoms. The van der Waals surface area contributed by atoms with Crippen LogP contribution in [0.5, 0.6) is 0 Å². The third-order valence-electron chi connectivity index (χ3n) is 6.05. The van der Waals surface area contributed by atoms with Crippen LogP contribution in [0.15, 0.2) is 58.8 Å². The SMILES string of the molecule is CCN(C1CCCCC1)S(=O)(=O)c1ccc(C(=O)Nc2nc(-c3ccc(C#N)cc3)cs2)cc1. The minimum Gasteiger partial charge on any atom is -0.298 e. The molecule has 3 aromatic rings. The second-order valence-electron chi connectivity index (χ2n) is 8.21. The molecule has 2 aromatic carbocycles. The number of nitrogens with one attached hydrogen (secondary N) is 1. The Morgan fingerprint density at radius 2 is 1.79 bits per heavy atom. The first-order valence-electron chi connectivity index (χ1n) is 11.3. The Labute approximate surface area is 204 Å². The largest absolute Gasteiger partial charge is 0.298 e. The molecule has 0 radical (unpaired) electrons. The first kappa shape index (κ1) is 24.1. The average molecular weight is 495 g/mol. The highest BCUT2D eigenvalue weighted by atomic mass is 32.2. The molecule has 176 valence electrons. The number of sulfonamides is 1. The van der Waals surface area contributed by atoms with E-state index in [2.05, 4.69) is 16.4 Å². The van der Waals surface area contributed by atoms with Crippen molar-refractivity contribution in [3.63, 3.8) is 0 Å². The first-order chi connectivity index (χ1) is 16.4. The summed E-state index contributed by atoms with van der Waals surface area (Å²) in [5.74, 6) is -0.357. The number of carbonyl (C=O) groups excluding carboxylic acids is 1. The van der Waals surface area contributed by atoms with Crippen molar-refractivity contribution in [1.29, 1.82) is 5.26 Å². The van der Waals surface area contributed by atoms with Crippen molar-refractivity contribution in [2.75, 3.05) is 11.9 Å². The molecule has 0 bridgehead atoms. The van der Waals surface area contributed by atoms with E-state index < -0.39 is 10.0 Å². The fraction of sp³-hybridized carbons (Fsp3) is 0.320. The summed E-state index contributed by atoms with van der Waals surface area (Å²) in [5.41, 5.74) is 2.48. The zero-order valence-electron chi connectivity index (χ0n) is 18.9. The van der Waals surface area contributed by atoms with Crippen molar-refractivity contribution < 1.29 is 13.2 Å². The van der Waals surface area contributed by atoms with Crippen LogP contribution in [0.25, 0.3) is 11.3 Å². The number of nitrogens with zero attached hydrogens (tertiary/aromatic N) is 3. The fourth-order valence-corrected chi connectivity index (χ4v) is 6.66. The lowest BCUT2D eigenvalue weighted by Gasteiger charge is -2.32. The van der Waals surface area contributed by atoms with Crippen LogP contribution in [0.4, 0.5) is 5.13 Å². The highest BCUT2D eigenvalue weighted by Crippen LogP contribution is 2.28. The third kappa shape index (κ3) is 5.20. The van der Waals surface area contributed by atoms with Crippen molar-refractivity contribution in [2.45, 2.75) is 50.0 Å². The van der Waals surface area contributed by atoms with Gasteiger partial charge in [-0.05, 0) is 49.2 Å². The molecule has 0 saturated heterocycles. The Kier molecular flexibility index (Phi) is 7.41. The molecule has 0 atom stereocenters. The van der Waals surface area contributed by atoms with Crippen LogP contribution in [0.3, 0.4) is 0 Å². The maximum absolute atomic E-state index is 13.2. The molecule has 7 nitrogen and oxygen atoms in total. The van der Waals surface area contributed by atoms with Crippen LogP contribution >= 0.6 is 11.3 Å². The molecule has 1 fully saturated rings. The monoisotopic (exact) mass is 494 g/mol. The van der Waals surface area contributed by atoms with Gasteiger partial charge in [0.05, 0.1) is 22.2 Å². The van der Waals surface area contributed by atoms with Crippen LogP contribution in [-0.2, 0) is 10.0 Å². The number of rotatable bonds is 7. The number of anilines is 1. The molecule has 1 heterocycles. The number of amides is 1. The number of nitriles is 1. The molecule has 1 N–H and O–H groups in total. The summed E-state index contributed by atoms with van der Waals surface area (Å²) < 4.78 is 28.0. The van der Waals surface area contributed by atoms with Crippen molar-refractivity contribution >= 4 is 32.4 Å². The highest BCUT2D eigenvalue weighted by molar-refractivity contribution is 7.89. The number of carbonyl (C=O) groups is 1. The van der Waals surface area contributed by atoms with E-state index in [-0.39, 0.29) is 16.8 Å². The Morgan fingerprint density at radius 1 is 1.12 bits per heavy atom. The van der Waals surface area contributed by atoms with E-state index in [0.29, 0.717) is 28.5 Å². The van der Waals surface area contributed by atoms with Crippen LogP contribution in [0.1, 0.15) is 54.9 Å². The van der Waals surface area contributed by atoms with E-state index in [1.807, 2.05) is 24.4 Å². The van der Waals surface area contributed by atoms with Gasteiger partial charge >= 0.3 is 0 Å². The number of aromatic nitrogens is 1. The summed E-state index contributed by atoms with van der Waals surface area (Å²) in [6.07, 6.45) is 5.06. The van der Waals surface area contributed by atoms with Crippen molar-refractivity contribution in [2.24, 2.45) is 0 Å². The highest BCUT2D eigenvalue weighted by Gasteiger charge is 2.31. The van der Waals surface area contributed by atoms with Gasteiger partial charge in [0.25, 0.3) is 5.91 Å². The standard InChI is InChI=1S/C25H26N4O3S2/c1-2-29(21-6-4-3-5-7-21)34(31,32)22-14-12-20(13-15-22)24(30)28-25-27-23(17-33-25)19-10-8-18(16-26)9-11-19/h8-15,17,21H,2-7H2,1H3,(H,27,28,30). The first-order valence-corrected chi connectivity index (χ1v) is 13.6. The quantitative estimate of drug-likeness (QED) is 0.481. The van der Waals surface area contributed by atoms with Gasteiger partial charge in [0, 0.05) is 29.1 Å². The van der Waals surface area contributed by atoms with Crippen LogP contribution < -0.4 is 5.32 Å². The molecular weight excluding hydrogens is 468 g/mol. The number of benzene rings is 2. The number of hydrogen-bond donors (Lipinski definition) is 1. The smallest absolute Gasteiger partial charge is 0.257 e. The van der Waals surface area contributed by atoms with Crippen molar-refractivity contribution in [3.05, 3.63) is 65.0 Å². The molecule has 0 aliphatic heterocycles. The Balaban J connectivity index is 1.45. The Morgan fingerprint density at radius 3 is 2.41 bits per heavy atom. The van der Waals surface area contributed by atoms with Gasteiger partial charge in [-0.15, -0.1) is 11.3 Å². The Bertz CT molecular complexity index is 1290. The van der Waals surface area contributed by atoms with Crippen LogP contribution in [0, 0.1) is 11.3 Å². The minimum atomic E-state index is -3.61. The van der Waals surface area contributed by atoms with E-state index >= 15 is 0 Å². The molecular formula is C25H26N4O3S2. The second kappa shape index (κ2) is 10.5. The topological polar surface area (TPSA) is 103 Å². The number of hydrogen-bond acceptors (Lipinski definition) is 6. The van der Waals surface area contributed by atoms with Gasteiger partial charge in [0.1, 0.15) is 0 Å². The summed E-state index contributed by atoms with van der Waals surface area (Å²) in [5, 5.41) is 14.0. The predicted octanol–water partition coefficient (Wildman–Crippen LogP) is 5.28. The van der Waals surface area contributed by atoms with Gasteiger partial charge in [-0.25, -0.2) is 13.4 Å². The molecule has 34 heavy (non-hydrogen) atoms. The van der Waals surface area contributed by atoms with Gasteiger partial charge < -0.3 is 0 Å². The lowest BCUT2D eigenvalue weighted by Crippen LogP contribution is -2.41.